The maximum absolute atomic E-state index is 12.7. The van der Waals surface area contributed by atoms with Crippen molar-refractivity contribution in [2.24, 2.45) is 0 Å². The van der Waals surface area contributed by atoms with E-state index in [0.717, 1.165) is 33.7 Å². The standard InChI is InChI=1S/C26H22N4O/c1-18-8-10-22(16-19(18)2)27-26(31)24-14-15-30(28-24)25-13-12-23-11-9-21(17-29(23)25)20-6-4-3-5-7-20/h3-17H,1-2H3,(H,27,31). The molecule has 0 unspecified atom stereocenters. The van der Waals surface area contributed by atoms with Gasteiger partial charge in [0.05, 0.1) is 0 Å². The number of hydrogen-bond donors (Lipinski definition) is 1. The summed E-state index contributed by atoms with van der Waals surface area (Å²) in [6.45, 7) is 4.08. The first-order chi connectivity index (χ1) is 15.1. The van der Waals surface area contributed by atoms with Gasteiger partial charge >= 0.3 is 0 Å². The van der Waals surface area contributed by atoms with Gasteiger partial charge in [-0.15, -0.1) is 0 Å². The lowest BCUT2D eigenvalue weighted by Crippen LogP contribution is -2.13. The predicted octanol–water partition coefficient (Wildman–Crippen LogP) is 5.66. The molecule has 3 heterocycles. The SMILES string of the molecule is Cc1ccc(NC(=O)c2ccn(-c3ccc4ccc(-c5ccccc5)cn34)n2)cc1C. The molecule has 31 heavy (non-hydrogen) atoms. The molecule has 0 spiro atoms. The van der Waals surface area contributed by atoms with E-state index in [-0.39, 0.29) is 5.91 Å². The van der Waals surface area contributed by atoms with Crippen molar-refractivity contribution >= 4 is 17.1 Å². The number of hydrogen-bond acceptors (Lipinski definition) is 2. The Morgan fingerprint density at radius 3 is 2.45 bits per heavy atom. The summed E-state index contributed by atoms with van der Waals surface area (Å²) in [5.41, 5.74) is 6.79. The lowest BCUT2D eigenvalue weighted by Gasteiger charge is -2.07. The Balaban J connectivity index is 1.45. The van der Waals surface area contributed by atoms with Crippen LogP contribution in [0.15, 0.2) is 91.3 Å². The zero-order chi connectivity index (χ0) is 21.4. The molecule has 0 fully saturated rings. The second-order valence-corrected chi connectivity index (χ2v) is 7.67. The van der Waals surface area contributed by atoms with Gasteiger partial charge in [-0.05, 0) is 72.5 Å². The Hall–Kier alpha value is -4.12. The molecule has 5 heteroatoms. The molecule has 5 nitrogen and oxygen atoms in total. The van der Waals surface area contributed by atoms with Gasteiger partial charge in [0.15, 0.2) is 5.69 Å². The van der Waals surface area contributed by atoms with Crippen LogP contribution in [0.1, 0.15) is 21.6 Å². The number of aryl methyl sites for hydroxylation is 2. The van der Waals surface area contributed by atoms with Gasteiger partial charge in [-0.25, -0.2) is 4.68 Å². The lowest BCUT2D eigenvalue weighted by atomic mass is 10.1. The number of aromatic nitrogens is 3. The van der Waals surface area contributed by atoms with Crippen LogP contribution in [0.2, 0.25) is 0 Å². The van der Waals surface area contributed by atoms with E-state index in [2.05, 4.69) is 45.3 Å². The van der Waals surface area contributed by atoms with Gasteiger partial charge in [0.25, 0.3) is 5.91 Å². The van der Waals surface area contributed by atoms with Crippen molar-refractivity contribution in [3.05, 3.63) is 108 Å². The Bertz CT molecular complexity index is 1400. The van der Waals surface area contributed by atoms with Crippen molar-refractivity contribution in [3.8, 4) is 16.9 Å². The summed E-state index contributed by atoms with van der Waals surface area (Å²) in [5, 5.41) is 7.46. The number of pyridine rings is 1. The van der Waals surface area contributed by atoms with E-state index in [4.69, 9.17) is 0 Å². The van der Waals surface area contributed by atoms with Crippen LogP contribution in [-0.2, 0) is 0 Å². The zero-order valence-corrected chi connectivity index (χ0v) is 17.4. The highest BCUT2D eigenvalue weighted by atomic mass is 16.1. The minimum absolute atomic E-state index is 0.229. The van der Waals surface area contributed by atoms with Gasteiger partial charge in [0, 0.05) is 23.6 Å². The maximum Gasteiger partial charge on any atom is 0.276 e. The average molecular weight is 406 g/mol. The Morgan fingerprint density at radius 1 is 0.839 bits per heavy atom. The third kappa shape index (κ3) is 3.62. The fraction of sp³-hybridized carbons (Fsp3) is 0.0769. The largest absolute Gasteiger partial charge is 0.321 e. The third-order valence-corrected chi connectivity index (χ3v) is 5.56. The van der Waals surface area contributed by atoms with E-state index < -0.39 is 0 Å². The summed E-state index contributed by atoms with van der Waals surface area (Å²) in [4.78, 5) is 12.7. The minimum Gasteiger partial charge on any atom is -0.321 e. The van der Waals surface area contributed by atoms with Crippen LogP contribution >= 0.6 is 0 Å². The quantitative estimate of drug-likeness (QED) is 0.419. The van der Waals surface area contributed by atoms with Gasteiger partial charge in [0.2, 0.25) is 0 Å². The summed E-state index contributed by atoms with van der Waals surface area (Å²) < 4.78 is 3.82. The predicted molar refractivity (Wildman–Crippen MR) is 124 cm³/mol. The summed E-state index contributed by atoms with van der Waals surface area (Å²) in [6.07, 6.45) is 3.91. The highest BCUT2D eigenvalue weighted by molar-refractivity contribution is 6.02. The minimum atomic E-state index is -0.229. The molecule has 1 amide bonds. The fourth-order valence-electron chi connectivity index (χ4n) is 3.66. The molecule has 0 saturated carbocycles. The topological polar surface area (TPSA) is 51.3 Å². The molecule has 0 aliphatic heterocycles. The third-order valence-electron chi connectivity index (χ3n) is 5.56. The molecule has 5 aromatic rings. The molecule has 0 bridgehead atoms. The van der Waals surface area contributed by atoms with E-state index >= 15 is 0 Å². The first-order valence-electron chi connectivity index (χ1n) is 10.2. The Kier molecular flexibility index (Phi) is 4.64. The summed E-state index contributed by atoms with van der Waals surface area (Å²) in [6, 6.07) is 26.1. The molecule has 3 aromatic heterocycles. The van der Waals surface area contributed by atoms with E-state index in [0.29, 0.717) is 5.69 Å². The van der Waals surface area contributed by atoms with Crippen LogP contribution < -0.4 is 5.32 Å². The molecule has 0 aliphatic rings. The van der Waals surface area contributed by atoms with Crippen molar-refractivity contribution in [2.75, 3.05) is 5.32 Å². The number of benzene rings is 2. The normalized spacial score (nSPS) is 11.0. The molecule has 1 N–H and O–H groups in total. The van der Waals surface area contributed by atoms with Crippen LogP contribution in [0.5, 0.6) is 0 Å². The van der Waals surface area contributed by atoms with Gasteiger partial charge in [-0.1, -0.05) is 42.5 Å². The second kappa shape index (κ2) is 7.61. The maximum atomic E-state index is 12.7. The molecular weight excluding hydrogens is 384 g/mol. The molecule has 152 valence electrons. The zero-order valence-electron chi connectivity index (χ0n) is 17.4. The smallest absolute Gasteiger partial charge is 0.276 e. The number of anilines is 1. The monoisotopic (exact) mass is 406 g/mol. The van der Waals surface area contributed by atoms with Gasteiger partial charge in [0.1, 0.15) is 5.82 Å². The van der Waals surface area contributed by atoms with Crippen LogP contribution in [0.4, 0.5) is 5.69 Å². The van der Waals surface area contributed by atoms with E-state index in [1.54, 1.807) is 10.7 Å². The second-order valence-electron chi connectivity index (χ2n) is 7.67. The first-order valence-corrected chi connectivity index (χ1v) is 10.2. The van der Waals surface area contributed by atoms with Crippen molar-refractivity contribution in [1.82, 2.24) is 14.2 Å². The average Bonchev–Trinajstić information content (AvgIpc) is 3.43. The van der Waals surface area contributed by atoms with Crippen LogP contribution in [-0.4, -0.2) is 20.1 Å². The number of amides is 1. The first kappa shape index (κ1) is 18.9. The molecule has 0 aliphatic carbocycles. The molecular formula is C26H22N4O. The van der Waals surface area contributed by atoms with Gasteiger partial charge in [-0.3, -0.25) is 4.79 Å². The van der Waals surface area contributed by atoms with Crippen molar-refractivity contribution < 1.29 is 4.79 Å². The van der Waals surface area contributed by atoms with E-state index in [1.165, 1.54) is 5.56 Å². The molecule has 2 aromatic carbocycles. The highest BCUT2D eigenvalue weighted by Gasteiger charge is 2.13. The van der Waals surface area contributed by atoms with Crippen LogP contribution in [0.25, 0.3) is 22.5 Å². The highest BCUT2D eigenvalue weighted by Crippen LogP contribution is 2.23. The number of carbonyl (C=O) groups is 1. The summed E-state index contributed by atoms with van der Waals surface area (Å²) >= 11 is 0. The van der Waals surface area contributed by atoms with Crippen molar-refractivity contribution in [3.63, 3.8) is 0 Å². The van der Waals surface area contributed by atoms with E-state index in [9.17, 15) is 4.79 Å². The van der Waals surface area contributed by atoms with Gasteiger partial charge < -0.3 is 9.72 Å². The molecule has 5 rings (SSSR count). The Morgan fingerprint density at radius 2 is 1.65 bits per heavy atom. The van der Waals surface area contributed by atoms with Crippen molar-refractivity contribution in [2.45, 2.75) is 13.8 Å². The van der Waals surface area contributed by atoms with Crippen LogP contribution in [0.3, 0.4) is 0 Å². The summed E-state index contributed by atoms with van der Waals surface area (Å²) in [7, 11) is 0. The number of fused-ring (bicyclic) bond motifs is 1. The number of carbonyl (C=O) groups excluding carboxylic acids is 1. The number of nitrogens with zero attached hydrogens (tertiary/aromatic N) is 3. The fourth-order valence-corrected chi connectivity index (χ4v) is 3.66. The molecule has 0 saturated heterocycles. The van der Waals surface area contributed by atoms with Crippen LogP contribution in [0, 0.1) is 13.8 Å². The van der Waals surface area contributed by atoms with Gasteiger partial charge in [-0.2, -0.15) is 5.10 Å². The lowest BCUT2D eigenvalue weighted by molar-refractivity contribution is 0.102. The Labute approximate surface area is 180 Å². The van der Waals surface area contributed by atoms with E-state index in [1.807, 2.05) is 68.6 Å². The van der Waals surface area contributed by atoms with Crippen molar-refractivity contribution in [1.29, 1.82) is 0 Å². The molecule has 0 atom stereocenters. The number of rotatable bonds is 4. The number of nitrogens with one attached hydrogen (secondary N) is 1. The molecule has 0 radical (unpaired) electrons. The summed E-state index contributed by atoms with van der Waals surface area (Å²) in [5.74, 6) is 0.644.